The van der Waals surface area contributed by atoms with E-state index >= 15 is 0 Å². The number of hydrogen-bond donors (Lipinski definition) is 3. The number of carbonyl (C=O) groups is 4. The van der Waals surface area contributed by atoms with Crippen molar-refractivity contribution < 1.29 is 28.3 Å². The number of ether oxygens (including phenoxy) is 1. The van der Waals surface area contributed by atoms with Gasteiger partial charge in [0, 0.05) is 21.7 Å². The molecule has 218 valence electrons. The lowest BCUT2D eigenvalue weighted by Gasteiger charge is -2.12. The molecular formula is C32H25ClFN3O5S. The van der Waals surface area contributed by atoms with Gasteiger partial charge in [-0.25, -0.2) is 9.18 Å². The number of carbonyl (C=O) groups excluding carboxylic acids is 4. The molecule has 0 heterocycles. The van der Waals surface area contributed by atoms with Gasteiger partial charge < -0.3 is 20.7 Å². The summed E-state index contributed by atoms with van der Waals surface area (Å²) < 4.78 is 19.3. The second-order valence-corrected chi connectivity index (χ2v) is 10.3. The van der Waals surface area contributed by atoms with E-state index in [9.17, 15) is 23.6 Å². The summed E-state index contributed by atoms with van der Waals surface area (Å²) in [7, 11) is 1.26. The number of amides is 3. The Morgan fingerprint density at radius 3 is 2.26 bits per heavy atom. The van der Waals surface area contributed by atoms with Crippen molar-refractivity contribution in [3.05, 3.63) is 130 Å². The number of thioether (sulfide) groups is 1. The third-order valence-corrected chi connectivity index (χ3v) is 7.25. The van der Waals surface area contributed by atoms with E-state index in [0.29, 0.717) is 16.9 Å². The van der Waals surface area contributed by atoms with E-state index < -0.39 is 23.6 Å². The van der Waals surface area contributed by atoms with Crippen LogP contribution in [0.25, 0.3) is 6.08 Å². The van der Waals surface area contributed by atoms with Crippen LogP contribution in [0, 0.1) is 5.82 Å². The first kappa shape index (κ1) is 31.0. The van der Waals surface area contributed by atoms with Crippen LogP contribution in [0.4, 0.5) is 15.8 Å². The number of anilines is 2. The lowest BCUT2D eigenvalue weighted by Crippen LogP contribution is -2.30. The molecule has 3 N–H and O–H groups in total. The minimum absolute atomic E-state index is 0.0538. The average molecular weight is 618 g/mol. The minimum Gasteiger partial charge on any atom is -0.465 e. The Balaban J connectivity index is 1.43. The van der Waals surface area contributed by atoms with Crippen LogP contribution in [0.1, 0.15) is 26.3 Å². The maximum Gasteiger partial charge on any atom is 0.339 e. The molecule has 4 aromatic rings. The first-order chi connectivity index (χ1) is 20.7. The molecule has 0 unspecified atom stereocenters. The highest BCUT2D eigenvalue weighted by Crippen LogP contribution is 2.24. The predicted molar refractivity (Wildman–Crippen MR) is 166 cm³/mol. The third-order valence-electron chi connectivity index (χ3n) is 5.91. The van der Waals surface area contributed by atoms with E-state index in [2.05, 4.69) is 16.0 Å². The van der Waals surface area contributed by atoms with Crippen molar-refractivity contribution in [1.29, 1.82) is 0 Å². The van der Waals surface area contributed by atoms with Crippen molar-refractivity contribution >= 4 is 64.5 Å². The van der Waals surface area contributed by atoms with Crippen molar-refractivity contribution in [3.8, 4) is 0 Å². The highest BCUT2D eigenvalue weighted by atomic mass is 35.5. The molecule has 0 bridgehead atoms. The minimum atomic E-state index is -0.701. The summed E-state index contributed by atoms with van der Waals surface area (Å²) in [6.45, 7) is 0. The van der Waals surface area contributed by atoms with Crippen LogP contribution in [0.2, 0.25) is 5.02 Å². The Labute approximate surface area is 256 Å². The normalized spacial score (nSPS) is 10.9. The van der Waals surface area contributed by atoms with E-state index in [1.165, 1.54) is 43.1 Å². The molecule has 0 spiro atoms. The monoisotopic (exact) mass is 617 g/mol. The number of benzene rings is 4. The molecule has 0 fully saturated rings. The summed E-state index contributed by atoms with van der Waals surface area (Å²) in [5.41, 5.74) is 1.02. The van der Waals surface area contributed by atoms with Crippen LogP contribution in [0.15, 0.2) is 108 Å². The van der Waals surface area contributed by atoms with Crippen LogP contribution in [-0.4, -0.2) is 36.6 Å². The Kier molecular flexibility index (Phi) is 10.7. The van der Waals surface area contributed by atoms with Gasteiger partial charge in [0.2, 0.25) is 5.91 Å². The zero-order valence-corrected chi connectivity index (χ0v) is 24.3. The summed E-state index contributed by atoms with van der Waals surface area (Å²) in [5.74, 6) is -2.75. The summed E-state index contributed by atoms with van der Waals surface area (Å²) in [6.07, 6.45) is 1.18. The number of hydrogen-bond acceptors (Lipinski definition) is 6. The second kappa shape index (κ2) is 14.8. The largest absolute Gasteiger partial charge is 0.465 e. The standard InChI is InChI=1S/C32H25ClFN3O5S/c1-42-32(41)23-10-5-6-13-27(23)36-29(38)19-43-22-16-14-21(15-17-22)35-31(40)28(18-24-25(33)11-7-12-26(24)34)37-30(39)20-8-3-2-4-9-20/h2-18H,19H2,1H3,(H,35,40)(H,36,38)(H,37,39)/b28-18-. The van der Waals surface area contributed by atoms with Gasteiger partial charge in [-0.1, -0.05) is 48.0 Å². The molecular weight excluding hydrogens is 593 g/mol. The maximum atomic E-state index is 14.5. The molecule has 0 saturated carbocycles. The molecule has 0 radical (unpaired) electrons. The van der Waals surface area contributed by atoms with Gasteiger partial charge in [-0.05, 0) is 66.7 Å². The highest BCUT2D eigenvalue weighted by Gasteiger charge is 2.18. The molecule has 8 nitrogen and oxygen atoms in total. The number of nitrogens with one attached hydrogen (secondary N) is 3. The number of esters is 1. The molecule has 3 amide bonds. The smallest absolute Gasteiger partial charge is 0.339 e. The number of halogens is 2. The van der Waals surface area contributed by atoms with Gasteiger partial charge in [-0.15, -0.1) is 11.8 Å². The molecule has 4 rings (SSSR count). The van der Waals surface area contributed by atoms with Crippen LogP contribution < -0.4 is 16.0 Å². The van der Waals surface area contributed by atoms with E-state index in [0.717, 1.165) is 4.90 Å². The van der Waals surface area contributed by atoms with Gasteiger partial charge >= 0.3 is 5.97 Å². The first-order valence-corrected chi connectivity index (χ1v) is 14.1. The Morgan fingerprint density at radius 1 is 0.860 bits per heavy atom. The highest BCUT2D eigenvalue weighted by molar-refractivity contribution is 8.00. The topological polar surface area (TPSA) is 114 Å². The van der Waals surface area contributed by atoms with Crippen LogP contribution in [-0.2, 0) is 14.3 Å². The Bertz CT molecular complexity index is 1660. The van der Waals surface area contributed by atoms with Crippen molar-refractivity contribution in [3.63, 3.8) is 0 Å². The molecule has 0 aliphatic heterocycles. The van der Waals surface area contributed by atoms with Gasteiger partial charge in [0.15, 0.2) is 0 Å². The fourth-order valence-electron chi connectivity index (χ4n) is 3.78. The number of methoxy groups -OCH3 is 1. The molecule has 4 aromatic carbocycles. The zero-order valence-electron chi connectivity index (χ0n) is 22.7. The molecule has 0 aromatic heterocycles. The molecule has 11 heteroatoms. The molecule has 43 heavy (non-hydrogen) atoms. The Hall–Kier alpha value is -4.93. The fraction of sp³-hybridized carbons (Fsp3) is 0.0625. The van der Waals surface area contributed by atoms with E-state index in [-0.39, 0.29) is 33.5 Å². The van der Waals surface area contributed by atoms with E-state index in [1.54, 1.807) is 78.9 Å². The number of para-hydroxylation sites is 1. The lowest BCUT2D eigenvalue weighted by atomic mass is 10.1. The van der Waals surface area contributed by atoms with Crippen LogP contribution >= 0.6 is 23.4 Å². The number of rotatable bonds is 10. The summed E-state index contributed by atoms with van der Waals surface area (Å²) in [5, 5.41) is 8.00. The van der Waals surface area contributed by atoms with Crippen molar-refractivity contribution in [2.45, 2.75) is 4.90 Å². The molecule has 0 aliphatic rings. The van der Waals surface area contributed by atoms with Crippen molar-refractivity contribution in [2.75, 3.05) is 23.5 Å². The molecule has 0 saturated heterocycles. The van der Waals surface area contributed by atoms with Gasteiger partial charge in [-0.2, -0.15) is 0 Å². The fourth-order valence-corrected chi connectivity index (χ4v) is 4.70. The SMILES string of the molecule is COC(=O)c1ccccc1NC(=O)CSc1ccc(NC(=O)/C(=C/c2c(F)cccc2Cl)NC(=O)c2ccccc2)cc1. The summed E-state index contributed by atoms with van der Waals surface area (Å²) in [6, 6.07) is 25.5. The van der Waals surface area contributed by atoms with Gasteiger partial charge in [0.1, 0.15) is 11.5 Å². The maximum absolute atomic E-state index is 14.5. The van der Waals surface area contributed by atoms with Gasteiger partial charge in [0.05, 0.1) is 29.1 Å². The summed E-state index contributed by atoms with van der Waals surface area (Å²) in [4.78, 5) is 51.2. The van der Waals surface area contributed by atoms with E-state index in [1.807, 2.05) is 0 Å². The predicted octanol–water partition coefficient (Wildman–Crippen LogP) is 6.41. The average Bonchev–Trinajstić information content (AvgIpc) is 3.02. The third kappa shape index (κ3) is 8.54. The van der Waals surface area contributed by atoms with Crippen molar-refractivity contribution in [2.24, 2.45) is 0 Å². The van der Waals surface area contributed by atoms with Crippen LogP contribution in [0.3, 0.4) is 0 Å². The van der Waals surface area contributed by atoms with Gasteiger partial charge in [0.25, 0.3) is 11.8 Å². The zero-order chi connectivity index (χ0) is 30.8. The molecule has 0 aliphatic carbocycles. The molecule has 0 atom stereocenters. The quantitative estimate of drug-likeness (QED) is 0.108. The van der Waals surface area contributed by atoms with E-state index in [4.69, 9.17) is 16.3 Å². The second-order valence-electron chi connectivity index (χ2n) is 8.87. The first-order valence-electron chi connectivity index (χ1n) is 12.8. The van der Waals surface area contributed by atoms with Crippen LogP contribution in [0.5, 0.6) is 0 Å². The summed E-state index contributed by atoms with van der Waals surface area (Å²) >= 11 is 7.40. The van der Waals surface area contributed by atoms with Crippen molar-refractivity contribution in [1.82, 2.24) is 5.32 Å². The van der Waals surface area contributed by atoms with Gasteiger partial charge in [-0.3, -0.25) is 14.4 Å². The Morgan fingerprint density at radius 2 is 1.56 bits per heavy atom. The lowest BCUT2D eigenvalue weighted by molar-refractivity contribution is -0.114.